The molecule has 0 heterocycles. The first-order valence-electron chi connectivity index (χ1n) is 4.29. The van der Waals surface area contributed by atoms with Gasteiger partial charge in [-0.15, -0.1) is 11.6 Å². The van der Waals surface area contributed by atoms with Gasteiger partial charge in [-0.05, 0) is 24.3 Å². The Hall–Kier alpha value is 0.650. The van der Waals surface area contributed by atoms with Crippen LogP contribution < -0.4 is 34.8 Å². The molecule has 1 rings (SSSR count). The van der Waals surface area contributed by atoms with Crippen LogP contribution >= 0.6 is 23.6 Å². The maximum Gasteiger partial charge on any atom is 1.00 e. The third kappa shape index (κ3) is 6.20. The Kier molecular flexibility index (Phi) is 9.88. The van der Waals surface area contributed by atoms with Crippen LogP contribution in [0.3, 0.4) is 0 Å². The van der Waals surface area contributed by atoms with Crippen LogP contribution in [0.2, 0.25) is 0 Å². The molecule has 1 aromatic rings. The minimum absolute atomic E-state index is 0. The Bertz CT molecular complexity index is 437. The van der Waals surface area contributed by atoms with E-state index in [0.29, 0.717) is 16.9 Å². The average Bonchev–Trinajstić information content (AvgIpc) is 2.34. The van der Waals surface area contributed by atoms with Crippen molar-refractivity contribution in [3.05, 3.63) is 24.3 Å². The van der Waals surface area contributed by atoms with E-state index >= 15 is 0 Å². The minimum atomic E-state index is -3.79. The second-order valence-electron chi connectivity index (χ2n) is 2.66. The third-order valence-corrected chi connectivity index (χ3v) is 3.66. The zero-order valence-corrected chi connectivity index (χ0v) is 13.8. The van der Waals surface area contributed by atoms with Gasteiger partial charge in [-0.3, -0.25) is 9.22 Å². The van der Waals surface area contributed by atoms with Crippen molar-refractivity contribution in [1.29, 1.82) is 0 Å². The fraction of sp³-hybridized carbons (Fsp3) is 0.250. The smallest absolute Gasteiger partial charge is 0.691 e. The van der Waals surface area contributed by atoms with Crippen molar-refractivity contribution < 1.29 is 56.8 Å². The van der Waals surface area contributed by atoms with E-state index in [0.717, 1.165) is 0 Å². The summed E-state index contributed by atoms with van der Waals surface area (Å²) in [7, 11) is -3.79. The Labute approximate surface area is 136 Å². The molecule has 0 bridgehead atoms. The molecular formula is C8H8ClNaO6S2. The molecule has 0 spiro atoms. The fourth-order valence-electron chi connectivity index (χ4n) is 0.924. The molecule has 6 nitrogen and oxygen atoms in total. The van der Waals surface area contributed by atoms with Crippen LogP contribution in [-0.4, -0.2) is 20.9 Å². The van der Waals surface area contributed by atoms with Crippen molar-refractivity contribution in [1.82, 2.24) is 0 Å². The van der Waals surface area contributed by atoms with Crippen molar-refractivity contribution >= 4 is 33.8 Å². The van der Waals surface area contributed by atoms with E-state index in [9.17, 15) is 13.7 Å². The molecule has 0 saturated heterocycles. The fourth-order valence-corrected chi connectivity index (χ4v) is 2.35. The monoisotopic (exact) mass is 322 g/mol. The summed E-state index contributed by atoms with van der Waals surface area (Å²) in [6.07, 6.45) is 0. The van der Waals surface area contributed by atoms with Crippen molar-refractivity contribution in [2.75, 3.05) is 12.5 Å². The molecule has 1 aromatic carbocycles. The quantitative estimate of drug-likeness (QED) is 0.141. The Balaban J connectivity index is 0.00000289. The van der Waals surface area contributed by atoms with E-state index in [1.54, 1.807) is 0 Å². The zero-order valence-electron chi connectivity index (χ0n) is 9.37. The molecule has 0 N–H and O–H groups in total. The molecule has 0 amide bonds. The second kappa shape index (κ2) is 9.54. The maximum atomic E-state index is 11.5. The molecule has 0 saturated carbocycles. The second-order valence-corrected chi connectivity index (χ2v) is 5.42. The van der Waals surface area contributed by atoms with E-state index in [-0.39, 0.29) is 46.9 Å². The van der Waals surface area contributed by atoms with Gasteiger partial charge in [0.1, 0.15) is 0 Å². The molecule has 96 valence electrons. The van der Waals surface area contributed by atoms with Gasteiger partial charge in [0.2, 0.25) is 0 Å². The van der Waals surface area contributed by atoms with Crippen LogP contribution in [0.15, 0.2) is 34.1 Å². The summed E-state index contributed by atoms with van der Waals surface area (Å²) in [5.74, 6) is 0.0852. The van der Waals surface area contributed by atoms with Crippen molar-refractivity contribution in [3.8, 4) is 0 Å². The molecule has 0 unspecified atom stereocenters. The number of hydrogen-bond donors (Lipinski definition) is 0. The number of rotatable bonds is 7. The normalized spacial score (nSPS) is 11.0. The van der Waals surface area contributed by atoms with Gasteiger partial charge in [0.05, 0.1) is 23.5 Å². The average molecular weight is 323 g/mol. The summed E-state index contributed by atoms with van der Waals surface area (Å²) in [5.41, 5.74) is 0. The van der Waals surface area contributed by atoms with E-state index in [2.05, 4.69) is 13.6 Å². The van der Waals surface area contributed by atoms with Crippen LogP contribution in [0.4, 0.5) is 0 Å². The standard InChI is InChI=1S/C8H9ClO6S2.Na/c9-5-6-13-17(11,12)8-3-1-7(2-4-8)16-15-14-10;/h1-4,10H,5-6H2;/q;+1/p-1. The van der Waals surface area contributed by atoms with Crippen LogP contribution in [0.5, 0.6) is 0 Å². The Morgan fingerprint density at radius 3 is 2.39 bits per heavy atom. The van der Waals surface area contributed by atoms with Gasteiger partial charge < -0.3 is 5.26 Å². The molecule has 0 aliphatic carbocycles. The molecule has 0 radical (unpaired) electrons. The summed E-state index contributed by atoms with van der Waals surface area (Å²) in [5, 5.41) is 12.7. The summed E-state index contributed by atoms with van der Waals surface area (Å²) >= 11 is 5.99. The first-order chi connectivity index (χ1) is 8.10. The van der Waals surface area contributed by atoms with Gasteiger partial charge in [0.25, 0.3) is 10.1 Å². The minimum Gasteiger partial charge on any atom is -0.691 e. The van der Waals surface area contributed by atoms with Crippen molar-refractivity contribution in [2.24, 2.45) is 0 Å². The van der Waals surface area contributed by atoms with Crippen LogP contribution in [0, 0.1) is 0 Å². The van der Waals surface area contributed by atoms with Crippen molar-refractivity contribution in [2.45, 2.75) is 9.79 Å². The van der Waals surface area contributed by atoms with E-state index in [1.807, 2.05) is 0 Å². The number of alkyl halides is 1. The van der Waals surface area contributed by atoms with Gasteiger partial charge in [-0.2, -0.15) is 12.8 Å². The molecule has 18 heavy (non-hydrogen) atoms. The summed E-state index contributed by atoms with van der Waals surface area (Å²) in [6.45, 7) is -0.0898. The first-order valence-corrected chi connectivity index (χ1v) is 6.97. The van der Waals surface area contributed by atoms with Crippen molar-refractivity contribution in [3.63, 3.8) is 0 Å². The third-order valence-electron chi connectivity index (χ3n) is 1.59. The topological polar surface area (TPSA) is 84.9 Å². The maximum absolute atomic E-state index is 11.5. The SMILES string of the molecule is O=S(=O)(OCCCl)c1ccc(SOO[O-])cc1.[Na+]. The number of halogens is 1. The summed E-state index contributed by atoms with van der Waals surface area (Å²) in [4.78, 5) is 0.507. The molecule has 0 fully saturated rings. The number of benzene rings is 1. The van der Waals surface area contributed by atoms with E-state index in [1.165, 1.54) is 24.3 Å². The predicted molar refractivity (Wildman–Crippen MR) is 58.3 cm³/mol. The molecule has 10 heteroatoms. The zero-order chi connectivity index (χ0) is 12.7. The largest absolute Gasteiger partial charge is 1.00 e. The first kappa shape index (κ1) is 18.7. The van der Waals surface area contributed by atoms with E-state index in [4.69, 9.17) is 11.6 Å². The molecular weight excluding hydrogens is 315 g/mol. The van der Waals surface area contributed by atoms with Crippen LogP contribution in [0.1, 0.15) is 0 Å². The molecule has 0 atom stereocenters. The van der Waals surface area contributed by atoms with Gasteiger partial charge in [0.15, 0.2) is 0 Å². The summed E-state index contributed by atoms with van der Waals surface area (Å²) < 4.78 is 31.7. The van der Waals surface area contributed by atoms with Gasteiger partial charge in [0, 0.05) is 10.8 Å². The molecule has 0 aliphatic rings. The van der Waals surface area contributed by atoms with Crippen LogP contribution in [-0.2, 0) is 23.7 Å². The van der Waals surface area contributed by atoms with Gasteiger partial charge in [-0.1, -0.05) is 0 Å². The van der Waals surface area contributed by atoms with Crippen LogP contribution in [0.25, 0.3) is 0 Å². The summed E-state index contributed by atoms with van der Waals surface area (Å²) in [6, 6.07) is 5.53. The van der Waals surface area contributed by atoms with Gasteiger partial charge >= 0.3 is 29.6 Å². The molecule has 0 aliphatic heterocycles. The predicted octanol–water partition coefficient (Wildman–Crippen LogP) is -2.13. The Morgan fingerprint density at radius 1 is 1.28 bits per heavy atom. The van der Waals surface area contributed by atoms with Gasteiger partial charge in [-0.25, -0.2) is 0 Å². The molecule has 0 aromatic heterocycles. The Morgan fingerprint density at radius 2 is 1.89 bits per heavy atom. The number of hydrogen-bond acceptors (Lipinski definition) is 7. The van der Waals surface area contributed by atoms with E-state index < -0.39 is 10.1 Å².